The van der Waals surface area contributed by atoms with Crippen molar-refractivity contribution >= 4 is 0 Å². The molecule has 0 heterocycles. The van der Waals surface area contributed by atoms with Gasteiger partial charge in [0.1, 0.15) is 5.75 Å². The predicted molar refractivity (Wildman–Crippen MR) is 71.4 cm³/mol. The van der Waals surface area contributed by atoms with Crippen molar-refractivity contribution in [2.45, 2.75) is 38.6 Å². The molecule has 0 bridgehead atoms. The molecule has 0 spiro atoms. The van der Waals surface area contributed by atoms with E-state index in [-0.39, 0.29) is 0 Å². The lowest BCUT2D eigenvalue weighted by Crippen LogP contribution is -2.27. The summed E-state index contributed by atoms with van der Waals surface area (Å²) in [5.41, 5.74) is 1.32. The van der Waals surface area contributed by atoms with Crippen LogP contribution in [-0.4, -0.2) is 13.7 Å². The van der Waals surface area contributed by atoms with Gasteiger partial charge in [0.2, 0.25) is 0 Å². The fourth-order valence-corrected chi connectivity index (χ4v) is 2.96. The van der Waals surface area contributed by atoms with E-state index < -0.39 is 0 Å². The first kappa shape index (κ1) is 12.4. The molecule has 1 aliphatic rings. The lowest BCUT2D eigenvalue weighted by atomic mass is 9.91. The van der Waals surface area contributed by atoms with Gasteiger partial charge in [-0.3, -0.25) is 0 Å². The summed E-state index contributed by atoms with van der Waals surface area (Å²) in [6, 6.07) is 8.87. The van der Waals surface area contributed by atoms with Crippen molar-refractivity contribution in [1.29, 1.82) is 0 Å². The molecule has 1 unspecified atom stereocenters. The Labute approximate surface area is 104 Å². The Morgan fingerprint density at radius 2 is 2.00 bits per heavy atom. The Hall–Kier alpha value is -1.02. The molecule has 1 N–H and O–H groups in total. The van der Waals surface area contributed by atoms with Gasteiger partial charge in [0.05, 0.1) is 7.11 Å². The Morgan fingerprint density at radius 1 is 1.29 bits per heavy atom. The van der Waals surface area contributed by atoms with Crippen molar-refractivity contribution in [3.8, 4) is 5.75 Å². The zero-order chi connectivity index (χ0) is 12.1. The molecule has 0 radical (unpaired) electrons. The van der Waals surface area contributed by atoms with E-state index in [2.05, 4.69) is 30.4 Å². The monoisotopic (exact) mass is 233 g/mol. The minimum atomic E-state index is 0.457. The Morgan fingerprint density at radius 3 is 2.65 bits per heavy atom. The van der Waals surface area contributed by atoms with Crippen LogP contribution in [0.2, 0.25) is 0 Å². The van der Waals surface area contributed by atoms with Gasteiger partial charge in [0.15, 0.2) is 0 Å². The van der Waals surface area contributed by atoms with Crippen molar-refractivity contribution < 1.29 is 4.74 Å². The third kappa shape index (κ3) is 2.81. The number of ether oxygens (including phenoxy) is 1. The molecule has 1 aromatic rings. The summed E-state index contributed by atoms with van der Waals surface area (Å²) in [5, 5.41) is 3.64. The van der Waals surface area contributed by atoms with E-state index in [9.17, 15) is 0 Å². The average molecular weight is 233 g/mol. The van der Waals surface area contributed by atoms with Gasteiger partial charge in [-0.05, 0) is 31.4 Å². The molecule has 94 valence electrons. The van der Waals surface area contributed by atoms with Gasteiger partial charge >= 0.3 is 0 Å². The maximum absolute atomic E-state index is 5.49. The number of hydrogen-bond donors (Lipinski definition) is 1. The maximum atomic E-state index is 5.49. The van der Waals surface area contributed by atoms with Crippen LogP contribution < -0.4 is 10.1 Å². The molecular formula is C15H23NO. The van der Waals surface area contributed by atoms with Crippen LogP contribution in [0.1, 0.15) is 44.2 Å². The smallest absolute Gasteiger partial charge is 0.123 e. The highest BCUT2D eigenvalue weighted by Gasteiger charge is 2.27. The van der Waals surface area contributed by atoms with Crippen LogP contribution in [0.25, 0.3) is 0 Å². The van der Waals surface area contributed by atoms with Crippen LogP contribution in [0.3, 0.4) is 0 Å². The number of para-hydroxylation sites is 1. The number of hydrogen-bond acceptors (Lipinski definition) is 2. The quantitative estimate of drug-likeness (QED) is 0.840. The molecule has 0 aromatic heterocycles. The van der Waals surface area contributed by atoms with Gasteiger partial charge in [-0.25, -0.2) is 0 Å². The highest BCUT2D eigenvalue weighted by molar-refractivity contribution is 5.36. The molecule has 1 aliphatic carbocycles. The van der Waals surface area contributed by atoms with Crippen LogP contribution in [0.4, 0.5) is 0 Å². The molecule has 0 amide bonds. The maximum Gasteiger partial charge on any atom is 0.123 e. The van der Waals surface area contributed by atoms with Gasteiger partial charge in [0, 0.05) is 11.6 Å². The van der Waals surface area contributed by atoms with E-state index in [0.29, 0.717) is 6.04 Å². The Bertz CT molecular complexity index is 345. The lowest BCUT2D eigenvalue weighted by molar-refractivity contribution is 0.349. The van der Waals surface area contributed by atoms with E-state index in [1.165, 1.54) is 31.2 Å². The second kappa shape index (κ2) is 6.06. The second-order valence-electron chi connectivity index (χ2n) is 4.82. The molecule has 0 aliphatic heterocycles. The third-order valence-corrected chi connectivity index (χ3v) is 3.77. The van der Waals surface area contributed by atoms with E-state index in [1.54, 1.807) is 7.11 Å². The second-order valence-corrected chi connectivity index (χ2v) is 4.82. The first-order valence-corrected chi connectivity index (χ1v) is 6.73. The van der Waals surface area contributed by atoms with Crippen molar-refractivity contribution in [3.63, 3.8) is 0 Å². The highest BCUT2D eigenvalue weighted by atomic mass is 16.5. The Balaban J connectivity index is 2.24. The van der Waals surface area contributed by atoms with E-state index in [1.807, 2.05) is 6.07 Å². The summed E-state index contributed by atoms with van der Waals surface area (Å²) < 4.78 is 5.49. The number of methoxy groups -OCH3 is 1. The molecule has 17 heavy (non-hydrogen) atoms. The standard InChI is InChI=1S/C15H23NO/c1-3-16-15(12-8-4-5-9-12)13-10-6-7-11-14(13)17-2/h6-7,10-12,15-16H,3-5,8-9H2,1-2H3. The predicted octanol–water partition coefficient (Wildman–Crippen LogP) is 3.54. The zero-order valence-corrected chi connectivity index (χ0v) is 10.9. The summed E-state index contributed by atoms with van der Waals surface area (Å²) in [4.78, 5) is 0. The summed E-state index contributed by atoms with van der Waals surface area (Å²) >= 11 is 0. The lowest BCUT2D eigenvalue weighted by Gasteiger charge is -2.26. The molecule has 1 fully saturated rings. The molecular weight excluding hydrogens is 210 g/mol. The minimum absolute atomic E-state index is 0.457. The fraction of sp³-hybridized carbons (Fsp3) is 0.600. The number of rotatable bonds is 5. The molecule has 2 rings (SSSR count). The molecule has 2 nitrogen and oxygen atoms in total. The SMILES string of the molecule is CCNC(c1ccccc1OC)C1CCCC1. The average Bonchev–Trinajstić information content (AvgIpc) is 2.89. The minimum Gasteiger partial charge on any atom is -0.496 e. The third-order valence-electron chi connectivity index (χ3n) is 3.77. The largest absolute Gasteiger partial charge is 0.496 e. The first-order chi connectivity index (χ1) is 8.36. The Kier molecular flexibility index (Phi) is 4.43. The molecule has 1 atom stereocenters. The van der Waals surface area contributed by atoms with Crippen LogP contribution >= 0.6 is 0 Å². The van der Waals surface area contributed by atoms with Gasteiger partial charge < -0.3 is 10.1 Å². The van der Waals surface area contributed by atoms with Crippen molar-refractivity contribution in [1.82, 2.24) is 5.32 Å². The number of benzene rings is 1. The summed E-state index contributed by atoms with van der Waals surface area (Å²) in [6.07, 6.45) is 5.44. The summed E-state index contributed by atoms with van der Waals surface area (Å²) in [7, 11) is 1.76. The topological polar surface area (TPSA) is 21.3 Å². The molecule has 2 heteroatoms. The van der Waals surface area contributed by atoms with Crippen molar-refractivity contribution in [2.75, 3.05) is 13.7 Å². The normalized spacial score (nSPS) is 18.2. The van der Waals surface area contributed by atoms with E-state index in [4.69, 9.17) is 4.74 Å². The molecule has 1 saturated carbocycles. The van der Waals surface area contributed by atoms with Crippen molar-refractivity contribution in [2.24, 2.45) is 5.92 Å². The van der Waals surface area contributed by atoms with E-state index >= 15 is 0 Å². The summed E-state index contributed by atoms with van der Waals surface area (Å²) in [5.74, 6) is 1.79. The van der Waals surface area contributed by atoms with Crippen LogP contribution in [0, 0.1) is 5.92 Å². The molecule has 1 aromatic carbocycles. The van der Waals surface area contributed by atoms with Crippen LogP contribution in [0.5, 0.6) is 5.75 Å². The van der Waals surface area contributed by atoms with Crippen molar-refractivity contribution in [3.05, 3.63) is 29.8 Å². The molecule has 0 saturated heterocycles. The van der Waals surface area contributed by atoms with Gasteiger partial charge in [-0.2, -0.15) is 0 Å². The number of nitrogens with one attached hydrogen (secondary N) is 1. The fourth-order valence-electron chi connectivity index (χ4n) is 2.96. The zero-order valence-electron chi connectivity index (χ0n) is 10.9. The van der Waals surface area contributed by atoms with Gasteiger partial charge in [-0.1, -0.05) is 38.0 Å². The first-order valence-electron chi connectivity index (χ1n) is 6.73. The van der Waals surface area contributed by atoms with E-state index in [0.717, 1.165) is 18.2 Å². The van der Waals surface area contributed by atoms with Gasteiger partial charge in [-0.15, -0.1) is 0 Å². The highest BCUT2D eigenvalue weighted by Crippen LogP contribution is 2.38. The van der Waals surface area contributed by atoms with Gasteiger partial charge in [0.25, 0.3) is 0 Å². The van der Waals surface area contributed by atoms with Crippen LogP contribution in [0.15, 0.2) is 24.3 Å². The summed E-state index contributed by atoms with van der Waals surface area (Å²) in [6.45, 7) is 3.19. The van der Waals surface area contributed by atoms with Crippen LogP contribution in [-0.2, 0) is 0 Å².